The number of carbonyl (C=O) groups is 1. The summed E-state index contributed by atoms with van der Waals surface area (Å²) in [5.41, 5.74) is 1.60. The van der Waals surface area contributed by atoms with Crippen LogP contribution in [0.15, 0.2) is 36.7 Å². The lowest BCUT2D eigenvalue weighted by Crippen LogP contribution is -2.01. The minimum absolute atomic E-state index is 0.562. The zero-order valence-electron chi connectivity index (χ0n) is 10.4. The topological polar surface area (TPSA) is 55.1 Å². The molecule has 2 aromatic rings. The predicted octanol–water partition coefficient (Wildman–Crippen LogP) is 3.19. The summed E-state index contributed by atoms with van der Waals surface area (Å²) in [5, 5.41) is 9.29. The lowest BCUT2D eigenvalue weighted by molar-refractivity contribution is -0.131. The van der Waals surface area contributed by atoms with Crippen LogP contribution in [0.2, 0.25) is 5.02 Å². The smallest absolute Gasteiger partial charge is 0.328 e. The van der Waals surface area contributed by atoms with Gasteiger partial charge in [0.05, 0.1) is 5.69 Å². The third-order valence-electron chi connectivity index (χ3n) is 2.69. The fourth-order valence-corrected chi connectivity index (χ4v) is 2.04. The van der Waals surface area contributed by atoms with Gasteiger partial charge in [-0.1, -0.05) is 18.5 Å². The van der Waals surface area contributed by atoms with E-state index in [-0.39, 0.29) is 0 Å². The molecule has 0 saturated carbocycles. The van der Waals surface area contributed by atoms with E-state index in [0.717, 1.165) is 29.6 Å². The molecule has 5 heteroatoms. The Bertz CT molecular complexity index is 632. The van der Waals surface area contributed by atoms with Crippen LogP contribution in [-0.2, 0) is 11.2 Å². The van der Waals surface area contributed by atoms with Crippen LogP contribution in [0.4, 0.5) is 0 Å². The summed E-state index contributed by atoms with van der Waals surface area (Å²) in [6, 6.07) is 5.36. The lowest BCUT2D eigenvalue weighted by atomic mass is 10.1. The fourth-order valence-electron chi connectivity index (χ4n) is 1.85. The molecular formula is C14H13ClN2O2. The fraction of sp³-hybridized carbons (Fsp3) is 0.143. The molecule has 0 saturated heterocycles. The van der Waals surface area contributed by atoms with Gasteiger partial charge in [-0.05, 0) is 24.3 Å². The van der Waals surface area contributed by atoms with Crippen LogP contribution in [0, 0.1) is 0 Å². The standard InChI is InChI=1S/C14H13ClN2O2/c1-2-13-16-7-8-17(13)12-5-4-11(15)9-10(12)3-6-14(18)19/h3-9H,2H2,1H3,(H,18,19)/b6-3+. The Morgan fingerprint density at radius 3 is 3.00 bits per heavy atom. The number of benzene rings is 1. The number of carboxylic acid groups (broad SMARTS) is 1. The summed E-state index contributed by atoms with van der Waals surface area (Å²) in [6.07, 6.45) is 6.98. The Morgan fingerprint density at radius 1 is 1.53 bits per heavy atom. The Morgan fingerprint density at radius 2 is 2.32 bits per heavy atom. The molecule has 0 aliphatic carbocycles. The van der Waals surface area contributed by atoms with E-state index in [4.69, 9.17) is 16.7 Å². The van der Waals surface area contributed by atoms with Gasteiger partial charge in [0.2, 0.25) is 0 Å². The number of aromatic nitrogens is 2. The van der Waals surface area contributed by atoms with Crippen LogP contribution in [0.25, 0.3) is 11.8 Å². The molecular weight excluding hydrogens is 264 g/mol. The quantitative estimate of drug-likeness (QED) is 0.873. The lowest BCUT2D eigenvalue weighted by Gasteiger charge is -2.10. The molecule has 0 unspecified atom stereocenters. The number of nitrogens with zero attached hydrogens (tertiary/aromatic N) is 2. The van der Waals surface area contributed by atoms with Crippen LogP contribution in [-0.4, -0.2) is 20.6 Å². The molecule has 98 valence electrons. The molecule has 1 N–H and O–H groups in total. The van der Waals surface area contributed by atoms with Crippen LogP contribution in [0.5, 0.6) is 0 Å². The molecule has 2 rings (SSSR count). The average molecular weight is 277 g/mol. The van der Waals surface area contributed by atoms with Gasteiger partial charge in [0.1, 0.15) is 5.82 Å². The average Bonchev–Trinajstić information content (AvgIpc) is 2.84. The van der Waals surface area contributed by atoms with E-state index in [2.05, 4.69) is 4.98 Å². The number of aryl methyl sites for hydroxylation is 1. The van der Waals surface area contributed by atoms with E-state index in [1.54, 1.807) is 18.3 Å². The Labute approximate surface area is 116 Å². The summed E-state index contributed by atoms with van der Waals surface area (Å²) < 4.78 is 1.93. The van der Waals surface area contributed by atoms with Crippen LogP contribution in [0.1, 0.15) is 18.3 Å². The van der Waals surface area contributed by atoms with Gasteiger partial charge in [0, 0.05) is 35.5 Å². The van der Waals surface area contributed by atoms with Gasteiger partial charge in [-0.2, -0.15) is 0 Å². The van der Waals surface area contributed by atoms with Crippen LogP contribution < -0.4 is 0 Å². The first-order chi connectivity index (χ1) is 9.11. The maximum atomic E-state index is 10.6. The minimum atomic E-state index is -0.993. The zero-order valence-corrected chi connectivity index (χ0v) is 11.1. The highest BCUT2D eigenvalue weighted by molar-refractivity contribution is 6.30. The second kappa shape index (κ2) is 5.71. The van der Waals surface area contributed by atoms with Crippen molar-refractivity contribution in [3.05, 3.63) is 53.1 Å². The van der Waals surface area contributed by atoms with Crippen LogP contribution >= 0.6 is 11.6 Å². The summed E-state index contributed by atoms with van der Waals surface area (Å²) in [4.78, 5) is 14.9. The van der Waals surface area contributed by atoms with E-state index in [1.165, 1.54) is 6.08 Å². The van der Waals surface area contributed by atoms with Crippen molar-refractivity contribution < 1.29 is 9.90 Å². The monoisotopic (exact) mass is 276 g/mol. The van der Waals surface area contributed by atoms with Crippen molar-refractivity contribution in [2.45, 2.75) is 13.3 Å². The first kappa shape index (κ1) is 13.4. The van der Waals surface area contributed by atoms with Gasteiger partial charge < -0.3 is 9.67 Å². The molecule has 0 fully saturated rings. The van der Waals surface area contributed by atoms with Gasteiger partial charge in [-0.3, -0.25) is 0 Å². The van der Waals surface area contributed by atoms with Crippen LogP contribution in [0.3, 0.4) is 0 Å². The van der Waals surface area contributed by atoms with E-state index in [9.17, 15) is 4.79 Å². The highest BCUT2D eigenvalue weighted by Crippen LogP contribution is 2.22. The Hall–Kier alpha value is -2.07. The van der Waals surface area contributed by atoms with Crippen molar-refractivity contribution >= 4 is 23.6 Å². The highest BCUT2D eigenvalue weighted by Gasteiger charge is 2.07. The molecule has 0 amide bonds. The number of rotatable bonds is 4. The number of halogens is 1. The first-order valence-electron chi connectivity index (χ1n) is 5.85. The van der Waals surface area contributed by atoms with Crippen molar-refractivity contribution in [1.29, 1.82) is 0 Å². The van der Waals surface area contributed by atoms with E-state index < -0.39 is 5.97 Å². The van der Waals surface area contributed by atoms with E-state index in [0.29, 0.717) is 5.02 Å². The second-order valence-electron chi connectivity index (χ2n) is 3.94. The van der Waals surface area contributed by atoms with Crippen molar-refractivity contribution in [3.63, 3.8) is 0 Å². The molecule has 1 heterocycles. The number of hydrogen-bond acceptors (Lipinski definition) is 2. The SMILES string of the molecule is CCc1nccn1-c1ccc(Cl)cc1/C=C/C(=O)O. The molecule has 0 aliphatic rings. The summed E-state index contributed by atoms with van der Waals surface area (Å²) >= 11 is 5.96. The molecule has 0 atom stereocenters. The molecule has 0 bridgehead atoms. The molecule has 19 heavy (non-hydrogen) atoms. The van der Waals surface area contributed by atoms with Gasteiger partial charge in [0.15, 0.2) is 0 Å². The van der Waals surface area contributed by atoms with Crippen molar-refractivity contribution in [3.8, 4) is 5.69 Å². The molecule has 0 radical (unpaired) electrons. The minimum Gasteiger partial charge on any atom is -0.478 e. The molecule has 1 aromatic carbocycles. The first-order valence-corrected chi connectivity index (χ1v) is 6.22. The molecule has 4 nitrogen and oxygen atoms in total. The number of carboxylic acids is 1. The van der Waals surface area contributed by atoms with Gasteiger partial charge in [-0.15, -0.1) is 0 Å². The summed E-state index contributed by atoms with van der Waals surface area (Å²) in [6.45, 7) is 2.02. The van der Waals surface area contributed by atoms with Crippen molar-refractivity contribution in [2.75, 3.05) is 0 Å². The molecule has 0 spiro atoms. The maximum Gasteiger partial charge on any atom is 0.328 e. The third kappa shape index (κ3) is 3.03. The van der Waals surface area contributed by atoms with Gasteiger partial charge in [-0.25, -0.2) is 9.78 Å². The van der Waals surface area contributed by atoms with Gasteiger partial charge in [0.25, 0.3) is 0 Å². The Kier molecular flexibility index (Phi) is 4.02. The third-order valence-corrected chi connectivity index (χ3v) is 2.92. The highest BCUT2D eigenvalue weighted by atomic mass is 35.5. The van der Waals surface area contributed by atoms with Crippen molar-refractivity contribution in [1.82, 2.24) is 9.55 Å². The normalized spacial score (nSPS) is 11.1. The second-order valence-corrected chi connectivity index (χ2v) is 4.38. The predicted molar refractivity (Wildman–Crippen MR) is 74.6 cm³/mol. The Balaban J connectivity index is 2.54. The van der Waals surface area contributed by atoms with E-state index in [1.807, 2.05) is 23.8 Å². The zero-order chi connectivity index (χ0) is 13.8. The molecule has 1 aromatic heterocycles. The maximum absolute atomic E-state index is 10.6. The molecule has 0 aliphatic heterocycles. The number of imidazole rings is 1. The number of aliphatic carboxylic acids is 1. The number of hydrogen-bond donors (Lipinski definition) is 1. The van der Waals surface area contributed by atoms with Gasteiger partial charge >= 0.3 is 5.97 Å². The van der Waals surface area contributed by atoms with E-state index >= 15 is 0 Å². The summed E-state index contributed by atoms with van der Waals surface area (Å²) in [7, 11) is 0. The van der Waals surface area contributed by atoms with Crippen molar-refractivity contribution in [2.24, 2.45) is 0 Å². The summed E-state index contributed by atoms with van der Waals surface area (Å²) in [5.74, 6) is -0.0837. The largest absolute Gasteiger partial charge is 0.478 e.